The van der Waals surface area contributed by atoms with E-state index in [0.29, 0.717) is 5.92 Å². The quantitative estimate of drug-likeness (QED) is 0.535. The molecule has 0 aromatic heterocycles. The van der Waals surface area contributed by atoms with Gasteiger partial charge in [0.25, 0.3) is 0 Å². The van der Waals surface area contributed by atoms with Gasteiger partial charge >= 0.3 is 0 Å². The number of rotatable bonds is 8. The van der Waals surface area contributed by atoms with Crippen molar-refractivity contribution in [3.8, 4) is 0 Å². The molecule has 0 heterocycles. The highest BCUT2D eigenvalue weighted by molar-refractivity contribution is 9.10. The minimum Gasteiger partial charge on any atom is -0.271 e. The van der Waals surface area contributed by atoms with Crippen LogP contribution in [0.25, 0.3) is 0 Å². The molecule has 0 fully saturated rings. The second-order valence-electron chi connectivity index (χ2n) is 5.07. The summed E-state index contributed by atoms with van der Waals surface area (Å²) in [5, 5.41) is 0. The number of hydrogen-bond acceptors (Lipinski definition) is 2. The van der Waals surface area contributed by atoms with Gasteiger partial charge in [-0.05, 0) is 36.1 Å². The summed E-state index contributed by atoms with van der Waals surface area (Å²) in [5.41, 5.74) is 3.73. The van der Waals surface area contributed by atoms with Crippen molar-refractivity contribution >= 4 is 15.9 Å². The molecule has 1 aromatic carbocycles. The number of hydrazine groups is 1. The monoisotopic (exact) mass is 330 g/mol. The molecule has 0 spiro atoms. The Morgan fingerprint density at radius 2 is 2.05 bits per heavy atom. The SMILES string of the molecule is CCCCC(CC)CC(NN)c1cc(F)cc(Br)c1. The second-order valence-corrected chi connectivity index (χ2v) is 5.99. The van der Waals surface area contributed by atoms with Crippen LogP contribution in [0.3, 0.4) is 0 Å². The van der Waals surface area contributed by atoms with E-state index < -0.39 is 0 Å². The first kappa shape index (κ1) is 16.6. The largest absolute Gasteiger partial charge is 0.271 e. The lowest BCUT2D eigenvalue weighted by Gasteiger charge is -2.23. The molecular formula is C15H24BrFN2. The summed E-state index contributed by atoms with van der Waals surface area (Å²) >= 11 is 3.33. The van der Waals surface area contributed by atoms with Gasteiger partial charge in [0.1, 0.15) is 5.82 Å². The van der Waals surface area contributed by atoms with Crippen LogP contribution in [0.2, 0.25) is 0 Å². The predicted molar refractivity (Wildman–Crippen MR) is 82.1 cm³/mol. The standard InChI is InChI=1S/C15H24BrFN2/c1-3-5-6-11(4-2)7-15(19-18)12-8-13(16)10-14(17)9-12/h8-11,15,19H,3-7,18H2,1-2H3. The highest BCUT2D eigenvalue weighted by Crippen LogP contribution is 2.28. The average molecular weight is 331 g/mol. The fourth-order valence-corrected chi connectivity index (χ4v) is 2.87. The molecule has 2 nitrogen and oxygen atoms in total. The van der Waals surface area contributed by atoms with E-state index >= 15 is 0 Å². The van der Waals surface area contributed by atoms with Crippen molar-refractivity contribution in [1.82, 2.24) is 5.43 Å². The van der Waals surface area contributed by atoms with Crippen LogP contribution < -0.4 is 11.3 Å². The van der Waals surface area contributed by atoms with Crippen LogP contribution in [0.15, 0.2) is 22.7 Å². The van der Waals surface area contributed by atoms with E-state index in [4.69, 9.17) is 5.84 Å². The van der Waals surface area contributed by atoms with Gasteiger partial charge in [0.2, 0.25) is 0 Å². The van der Waals surface area contributed by atoms with Crippen molar-refractivity contribution < 1.29 is 4.39 Å². The van der Waals surface area contributed by atoms with Gasteiger partial charge in [-0.2, -0.15) is 0 Å². The summed E-state index contributed by atoms with van der Waals surface area (Å²) < 4.78 is 14.2. The number of nitrogens with one attached hydrogen (secondary N) is 1. The number of nitrogens with two attached hydrogens (primary N) is 1. The third-order valence-electron chi connectivity index (χ3n) is 3.60. The van der Waals surface area contributed by atoms with Crippen LogP contribution in [0.5, 0.6) is 0 Å². The van der Waals surface area contributed by atoms with Crippen molar-refractivity contribution in [3.05, 3.63) is 34.1 Å². The maximum absolute atomic E-state index is 13.4. The highest BCUT2D eigenvalue weighted by atomic mass is 79.9. The Morgan fingerprint density at radius 3 is 2.58 bits per heavy atom. The van der Waals surface area contributed by atoms with E-state index in [1.165, 1.54) is 25.3 Å². The molecule has 0 aliphatic rings. The van der Waals surface area contributed by atoms with Crippen LogP contribution in [0.4, 0.5) is 4.39 Å². The molecule has 0 aliphatic heterocycles. The van der Waals surface area contributed by atoms with Crippen molar-refractivity contribution in [2.75, 3.05) is 0 Å². The molecule has 0 radical (unpaired) electrons. The fraction of sp³-hybridized carbons (Fsp3) is 0.600. The van der Waals surface area contributed by atoms with Gasteiger partial charge in [-0.25, -0.2) is 4.39 Å². The Balaban J connectivity index is 2.75. The number of benzene rings is 1. The van der Waals surface area contributed by atoms with Gasteiger partial charge in [-0.15, -0.1) is 0 Å². The molecule has 0 bridgehead atoms. The van der Waals surface area contributed by atoms with Crippen LogP contribution >= 0.6 is 15.9 Å². The van der Waals surface area contributed by atoms with E-state index in [1.807, 2.05) is 6.07 Å². The highest BCUT2D eigenvalue weighted by Gasteiger charge is 2.17. The molecule has 1 aromatic rings. The molecule has 0 amide bonds. The van der Waals surface area contributed by atoms with Crippen LogP contribution in [0, 0.1) is 11.7 Å². The van der Waals surface area contributed by atoms with Gasteiger partial charge < -0.3 is 0 Å². The second kappa shape index (κ2) is 8.67. The molecule has 0 aliphatic carbocycles. The van der Waals surface area contributed by atoms with E-state index in [1.54, 1.807) is 6.07 Å². The normalized spacial score (nSPS) is 14.4. The third-order valence-corrected chi connectivity index (χ3v) is 4.06. The van der Waals surface area contributed by atoms with Gasteiger partial charge in [-0.3, -0.25) is 11.3 Å². The molecular weight excluding hydrogens is 307 g/mol. The summed E-state index contributed by atoms with van der Waals surface area (Å²) in [4.78, 5) is 0. The summed E-state index contributed by atoms with van der Waals surface area (Å²) in [6.45, 7) is 4.41. The first-order chi connectivity index (χ1) is 9.10. The van der Waals surface area contributed by atoms with Crippen molar-refractivity contribution in [2.45, 2.75) is 52.0 Å². The lowest BCUT2D eigenvalue weighted by molar-refractivity contribution is 0.355. The van der Waals surface area contributed by atoms with Gasteiger partial charge in [0, 0.05) is 10.5 Å². The van der Waals surface area contributed by atoms with Gasteiger partial charge in [0.05, 0.1) is 0 Å². The fourth-order valence-electron chi connectivity index (χ4n) is 2.39. The Labute approximate surface area is 124 Å². The average Bonchev–Trinajstić information content (AvgIpc) is 2.38. The number of halogens is 2. The molecule has 0 saturated heterocycles. The number of hydrogen-bond donors (Lipinski definition) is 2. The number of unbranched alkanes of at least 4 members (excludes halogenated alkanes) is 1. The Bertz CT molecular complexity index is 364. The Kier molecular flexibility index (Phi) is 7.57. The topological polar surface area (TPSA) is 38.0 Å². The maximum Gasteiger partial charge on any atom is 0.124 e. The molecule has 19 heavy (non-hydrogen) atoms. The Morgan fingerprint density at radius 1 is 1.32 bits per heavy atom. The zero-order valence-electron chi connectivity index (χ0n) is 11.8. The third kappa shape index (κ3) is 5.59. The first-order valence-electron chi connectivity index (χ1n) is 7.02. The maximum atomic E-state index is 13.4. The van der Waals surface area contributed by atoms with E-state index in [0.717, 1.165) is 22.9 Å². The zero-order chi connectivity index (χ0) is 14.3. The van der Waals surface area contributed by atoms with E-state index in [-0.39, 0.29) is 11.9 Å². The smallest absolute Gasteiger partial charge is 0.124 e. The van der Waals surface area contributed by atoms with Crippen LogP contribution in [-0.4, -0.2) is 0 Å². The molecule has 1 rings (SSSR count). The van der Waals surface area contributed by atoms with Crippen LogP contribution in [-0.2, 0) is 0 Å². The van der Waals surface area contributed by atoms with E-state index in [2.05, 4.69) is 35.2 Å². The molecule has 0 saturated carbocycles. The molecule has 3 N–H and O–H groups in total. The minimum atomic E-state index is -0.230. The van der Waals surface area contributed by atoms with Gasteiger partial charge in [0.15, 0.2) is 0 Å². The minimum absolute atomic E-state index is 0.00815. The van der Waals surface area contributed by atoms with Crippen molar-refractivity contribution in [2.24, 2.45) is 11.8 Å². The summed E-state index contributed by atoms with van der Waals surface area (Å²) in [7, 11) is 0. The van der Waals surface area contributed by atoms with Crippen molar-refractivity contribution in [3.63, 3.8) is 0 Å². The summed E-state index contributed by atoms with van der Waals surface area (Å²) in [6.07, 6.45) is 5.74. The first-order valence-corrected chi connectivity index (χ1v) is 7.82. The van der Waals surface area contributed by atoms with Gasteiger partial charge in [-0.1, -0.05) is 55.5 Å². The molecule has 108 valence electrons. The molecule has 4 heteroatoms. The van der Waals surface area contributed by atoms with Crippen molar-refractivity contribution in [1.29, 1.82) is 0 Å². The van der Waals surface area contributed by atoms with E-state index in [9.17, 15) is 4.39 Å². The lowest BCUT2D eigenvalue weighted by atomic mass is 9.89. The summed E-state index contributed by atoms with van der Waals surface area (Å²) in [5.74, 6) is 6.05. The summed E-state index contributed by atoms with van der Waals surface area (Å²) in [6, 6.07) is 4.96. The van der Waals surface area contributed by atoms with Crippen LogP contribution in [0.1, 0.15) is 57.6 Å². The molecule has 2 atom stereocenters. The lowest BCUT2D eigenvalue weighted by Crippen LogP contribution is -2.29. The zero-order valence-corrected chi connectivity index (χ0v) is 13.3. The predicted octanol–water partition coefficient (Wildman–Crippen LogP) is 4.70. The molecule has 2 unspecified atom stereocenters. The Hall–Kier alpha value is -0.450.